The van der Waals surface area contributed by atoms with Crippen molar-refractivity contribution < 1.29 is 0 Å². The standard InChI is InChI=1S/C53H40BN2S3/c1-28-23-36-37(53(4,5)22-21-52(36,2)3)26-39(28)56-40-24-34-29-13-6-9-18-42(29)57-45(34)27-38(40)54-48-41(56)25-35-30-14-7-10-19-43(30)58-50(35)47(48)33-17-12-16-32-46-31-15-8-11-20-44(31)59-51(46)55-49(32)33/h6-20,23-27,55H,21-22H2,1-5H3. The lowest BCUT2D eigenvalue weighted by atomic mass is 9.57. The van der Waals surface area contributed by atoms with Gasteiger partial charge in [0.2, 0.25) is 0 Å². The lowest BCUT2D eigenvalue weighted by Crippen LogP contribution is -2.41. The van der Waals surface area contributed by atoms with Gasteiger partial charge in [-0.3, -0.25) is 0 Å². The topological polar surface area (TPSA) is 19.0 Å². The lowest BCUT2D eigenvalue weighted by Gasteiger charge is -2.43. The minimum absolute atomic E-state index is 0.0767. The van der Waals surface area contributed by atoms with Gasteiger partial charge in [0, 0.05) is 83.8 Å². The van der Waals surface area contributed by atoms with E-state index >= 15 is 0 Å². The fraction of sp³-hybridized carbons (Fsp3) is 0.170. The van der Waals surface area contributed by atoms with Crippen molar-refractivity contribution in [3.05, 3.63) is 138 Å². The summed E-state index contributed by atoms with van der Waals surface area (Å²) in [7, 11) is 2.52. The van der Waals surface area contributed by atoms with E-state index in [0.717, 1.165) is 0 Å². The molecule has 13 rings (SSSR count). The maximum Gasteiger partial charge on any atom is 0.198 e. The number of rotatable bonds is 2. The second-order valence-electron chi connectivity index (χ2n) is 18.3. The van der Waals surface area contributed by atoms with Crippen LogP contribution in [0.5, 0.6) is 0 Å². The van der Waals surface area contributed by atoms with Crippen LogP contribution in [-0.2, 0) is 10.8 Å². The third-order valence-electron chi connectivity index (χ3n) is 13.8. The molecule has 1 radical (unpaired) electrons. The number of H-pyrrole nitrogens is 1. The molecule has 0 unspecified atom stereocenters. The lowest BCUT2D eigenvalue weighted by molar-refractivity contribution is 0.332. The maximum absolute atomic E-state index is 4.00. The minimum Gasteiger partial charge on any atom is -0.346 e. The molecule has 0 saturated heterocycles. The zero-order chi connectivity index (χ0) is 39.5. The highest BCUT2D eigenvalue weighted by Gasteiger charge is 2.39. The Labute approximate surface area is 356 Å². The predicted octanol–water partition coefficient (Wildman–Crippen LogP) is 15.0. The molecule has 2 nitrogen and oxygen atoms in total. The quantitative estimate of drug-likeness (QED) is 0.172. The highest BCUT2D eigenvalue weighted by molar-refractivity contribution is 7.27. The van der Waals surface area contributed by atoms with Gasteiger partial charge >= 0.3 is 0 Å². The molecule has 7 aromatic carbocycles. The fourth-order valence-corrected chi connectivity index (χ4v) is 14.2. The van der Waals surface area contributed by atoms with E-state index in [4.69, 9.17) is 0 Å². The van der Waals surface area contributed by atoms with Crippen molar-refractivity contribution in [3.63, 3.8) is 0 Å². The highest BCUT2D eigenvalue weighted by Crippen LogP contribution is 2.52. The van der Waals surface area contributed by atoms with Gasteiger partial charge in [0.1, 0.15) is 4.83 Å². The Morgan fingerprint density at radius 2 is 1.19 bits per heavy atom. The number of para-hydroxylation sites is 1. The van der Waals surface area contributed by atoms with Crippen LogP contribution < -0.4 is 15.8 Å². The van der Waals surface area contributed by atoms with Crippen LogP contribution >= 0.6 is 34.0 Å². The van der Waals surface area contributed by atoms with Crippen molar-refractivity contribution in [2.75, 3.05) is 4.90 Å². The van der Waals surface area contributed by atoms with Crippen LogP contribution in [-0.4, -0.2) is 12.3 Å². The van der Waals surface area contributed by atoms with Gasteiger partial charge in [0.15, 0.2) is 7.28 Å². The van der Waals surface area contributed by atoms with Gasteiger partial charge in [-0.25, -0.2) is 0 Å². The number of thiophene rings is 3. The van der Waals surface area contributed by atoms with Crippen molar-refractivity contribution in [3.8, 4) is 11.1 Å². The van der Waals surface area contributed by atoms with Crippen LogP contribution in [0.1, 0.15) is 57.2 Å². The van der Waals surface area contributed by atoms with Crippen LogP contribution in [0.15, 0.2) is 121 Å². The predicted molar refractivity (Wildman–Crippen MR) is 262 cm³/mol. The second-order valence-corrected chi connectivity index (χ2v) is 21.4. The number of hydrogen-bond acceptors (Lipinski definition) is 4. The number of aromatic amines is 1. The van der Waals surface area contributed by atoms with E-state index < -0.39 is 0 Å². The molecule has 0 bridgehead atoms. The van der Waals surface area contributed by atoms with E-state index in [0.29, 0.717) is 0 Å². The Bertz CT molecular complexity index is 3630. The summed E-state index contributed by atoms with van der Waals surface area (Å²) in [5.74, 6) is 0. The Kier molecular flexibility index (Phi) is 6.94. The van der Waals surface area contributed by atoms with E-state index in [1.807, 2.05) is 34.0 Å². The molecular weight excluding hydrogens is 772 g/mol. The first-order valence-corrected chi connectivity index (χ1v) is 23.2. The van der Waals surface area contributed by atoms with Gasteiger partial charge in [-0.05, 0) is 101 Å². The summed E-state index contributed by atoms with van der Waals surface area (Å²) in [4.78, 5) is 7.89. The number of benzene rings is 7. The van der Waals surface area contributed by atoms with Gasteiger partial charge in [-0.15, -0.1) is 34.0 Å². The number of fused-ring (bicyclic) bond motifs is 14. The number of aryl methyl sites for hydroxylation is 1. The summed E-state index contributed by atoms with van der Waals surface area (Å²) in [6.07, 6.45) is 2.38. The first-order valence-electron chi connectivity index (χ1n) is 20.8. The van der Waals surface area contributed by atoms with Crippen LogP contribution in [0.4, 0.5) is 17.1 Å². The summed E-state index contributed by atoms with van der Waals surface area (Å²) in [5.41, 5.74) is 14.6. The molecule has 1 aliphatic heterocycles. The Morgan fingerprint density at radius 1 is 0.559 bits per heavy atom. The average Bonchev–Trinajstić information content (AvgIpc) is 3.99. The van der Waals surface area contributed by atoms with Gasteiger partial charge in [-0.2, -0.15) is 0 Å². The van der Waals surface area contributed by atoms with Crippen LogP contribution in [0.2, 0.25) is 0 Å². The number of nitrogens with zero attached hydrogens (tertiary/aromatic N) is 1. The third-order valence-corrected chi connectivity index (χ3v) is 17.3. The molecule has 0 saturated carbocycles. The SMILES string of the molecule is Cc1cc2c(cc1N1c3cc4c(cc3[B]c3c1cc1c(sc5ccccc51)c3-c1cccc3c1[nH]c1sc5ccccc5c13)sc1ccccc14)C(C)(C)CCC2(C)C. The number of nitrogens with one attached hydrogen (secondary N) is 1. The number of hydrogen-bond donors (Lipinski definition) is 1. The Hall–Kier alpha value is -5.40. The molecule has 0 atom stereocenters. The van der Waals surface area contributed by atoms with Crippen molar-refractivity contribution in [2.24, 2.45) is 0 Å². The smallest absolute Gasteiger partial charge is 0.198 e. The molecule has 1 N–H and O–H groups in total. The molecule has 2 aliphatic rings. The van der Waals surface area contributed by atoms with Crippen LogP contribution in [0, 0.1) is 6.92 Å². The van der Waals surface area contributed by atoms with Crippen LogP contribution in [0.3, 0.4) is 0 Å². The molecule has 6 heteroatoms. The molecule has 11 aromatic rings. The number of aromatic nitrogens is 1. The van der Waals surface area contributed by atoms with E-state index in [1.165, 1.54) is 140 Å². The molecule has 59 heavy (non-hydrogen) atoms. The molecule has 5 heterocycles. The molecule has 0 amide bonds. The molecule has 4 aromatic heterocycles. The maximum atomic E-state index is 4.00. The summed E-state index contributed by atoms with van der Waals surface area (Å²) >= 11 is 5.70. The fourth-order valence-electron chi connectivity index (χ4n) is 10.7. The highest BCUT2D eigenvalue weighted by atomic mass is 32.1. The average molecular weight is 812 g/mol. The Balaban J connectivity index is 1.17. The van der Waals surface area contributed by atoms with Gasteiger partial charge in [0.05, 0.1) is 5.52 Å². The molecule has 0 spiro atoms. The van der Waals surface area contributed by atoms with Gasteiger partial charge in [-0.1, -0.05) is 112 Å². The second kappa shape index (κ2) is 11.9. The zero-order valence-corrected chi connectivity index (χ0v) is 36.2. The third kappa shape index (κ3) is 4.74. The monoisotopic (exact) mass is 811 g/mol. The van der Waals surface area contributed by atoms with Gasteiger partial charge < -0.3 is 9.88 Å². The number of anilines is 3. The van der Waals surface area contributed by atoms with Crippen LogP contribution in [0.25, 0.3) is 82.7 Å². The first-order chi connectivity index (χ1) is 28.6. The molecule has 283 valence electrons. The summed E-state index contributed by atoms with van der Waals surface area (Å²) < 4.78 is 6.65. The van der Waals surface area contributed by atoms with Crippen molar-refractivity contribution in [1.82, 2.24) is 4.98 Å². The zero-order valence-electron chi connectivity index (χ0n) is 33.7. The van der Waals surface area contributed by atoms with Crippen molar-refractivity contribution in [1.29, 1.82) is 0 Å². The van der Waals surface area contributed by atoms with E-state index in [-0.39, 0.29) is 10.8 Å². The van der Waals surface area contributed by atoms with Crippen molar-refractivity contribution >= 4 is 141 Å². The molecular formula is C53H40BN2S3. The molecule has 0 fully saturated rings. The summed E-state index contributed by atoms with van der Waals surface area (Å²) in [6, 6.07) is 46.4. The van der Waals surface area contributed by atoms with E-state index in [9.17, 15) is 0 Å². The van der Waals surface area contributed by atoms with E-state index in [1.54, 1.807) is 0 Å². The first kappa shape index (κ1) is 34.5. The minimum atomic E-state index is 0.0767. The normalized spacial score (nSPS) is 15.8. The summed E-state index contributed by atoms with van der Waals surface area (Å²) in [5, 5.41) is 9.24. The van der Waals surface area contributed by atoms with E-state index in [2.05, 4.69) is 173 Å². The van der Waals surface area contributed by atoms with Crippen molar-refractivity contribution in [2.45, 2.75) is 58.3 Å². The Morgan fingerprint density at radius 3 is 1.95 bits per heavy atom. The molecule has 1 aliphatic carbocycles. The van der Waals surface area contributed by atoms with Gasteiger partial charge in [0.25, 0.3) is 0 Å². The largest absolute Gasteiger partial charge is 0.346 e. The summed E-state index contributed by atoms with van der Waals surface area (Å²) in [6.45, 7) is 12.1.